The van der Waals surface area contributed by atoms with Gasteiger partial charge in [0, 0.05) is 22.5 Å². The SMILES string of the molecule is CN1C2CC3(CCC13)C2OC(=O)C(CO)(Cc1ccccc1Cl)c1ccccc1. The molecule has 4 aliphatic rings. The van der Waals surface area contributed by atoms with Gasteiger partial charge in [-0.05, 0) is 49.9 Å². The molecule has 0 amide bonds. The lowest BCUT2D eigenvalue weighted by molar-refractivity contribution is -0.181. The third kappa shape index (κ3) is 2.62. The first kappa shape index (κ1) is 19.1. The summed E-state index contributed by atoms with van der Waals surface area (Å²) in [6.07, 6.45) is 3.66. The number of likely N-dealkylation sites (N-methyl/N-ethyl adjacent to an activating group) is 1. The number of hydrogen-bond donors (Lipinski definition) is 1. The van der Waals surface area contributed by atoms with Gasteiger partial charge in [-0.3, -0.25) is 9.69 Å². The minimum atomic E-state index is -1.17. The molecule has 1 N–H and O–H groups in total. The van der Waals surface area contributed by atoms with E-state index in [1.54, 1.807) is 0 Å². The van der Waals surface area contributed by atoms with Gasteiger partial charge in [0.25, 0.3) is 0 Å². The van der Waals surface area contributed by atoms with E-state index < -0.39 is 5.41 Å². The van der Waals surface area contributed by atoms with E-state index in [-0.39, 0.29) is 24.1 Å². The molecule has 1 spiro atoms. The van der Waals surface area contributed by atoms with Crippen LogP contribution in [0.4, 0.5) is 0 Å². The van der Waals surface area contributed by atoms with Crippen molar-refractivity contribution in [1.29, 1.82) is 0 Å². The zero-order chi connectivity index (χ0) is 20.2. The molecule has 29 heavy (non-hydrogen) atoms. The van der Waals surface area contributed by atoms with Crippen LogP contribution in [0, 0.1) is 5.41 Å². The topological polar surface area (TPSA) is 49.8 Å². The standard InChI is InChI=1S/C24H26ClNO3/c1-26-19-14-23(12-11-20(23)26)21(19)29-22(28)24(15-27,17-8-3-2-4-9-17)13-16-7-5-6-10-18(16)25/h2-10,19-21,27H,11-15H2,1H3. The molecule has 2 aliphatic carbocycles. The van der Waals surface area contributed by atoms with Crippen molar-refractivity contribution in [3.63, 3.8) is 0 Å². The number of aliphatic hydroxyl groups is 1. The number of hydrogen-bond acceptors (Lipinski definition) is 4. The molecule has 2 saturated carbocycles. The van der Waals surface area contributed by atoms with Crippen molar-refractivity contribution in [2.24, 2.45) is 5.41 Å². The molecular weight excluding hydrogens is 386 g/mol. The summed E-state index contributed by atoms with van der Waals surface area (Å²) >= 11 is 6.41. The van der Waals surface area contributed by atoms with Crippen molar-refractivity contribution in [2.45, 2.75) is 49.3 Å². The van der Waals surface area contributed by atoms with E-state index in [0.29, 0.717) is 23.5 Å². The molecule has 2 saturated heterocycles. The normalized spacial score (nSPS) is 31.9. The van der Waals surface area contributed by atoms with E-state index in [4.69, 9.17) is 16.3 Å². The number of benzene rings is 2. The van der Waals surface area contributed by atoms with Crippen LogP contribution < -0.4 is 0 Å². The Balaban J connectivity index is 1.49. The number of aliphatic hydroxyl groups excluding tert-OH is 1. The van der Waals surface area contributed by atoms with Crippen LogP contribution in [0.15, 0.2) is 54.6 Å². The minimum absolute atomic E-state index is 0.0698. The quantitative estimate of drug-likeness (QED) is 0.738. The Morgan fingerprint density at radius 2 is 1.97 bits per heavy atom. The first-order valence-electron chi connectivity index (χ1n) is 10.3. The number of ether oxygens (including phenoxy) is 1. The van der Waals surface area contributed by atoms with Crippen molar-refractivity contribution in [1.82, 2.24) is 4.90 Å². The van der Waals surface area contributed by atoms with Gasteiger partial charge in [0.05, 0.1) is 6.61 Å². The maximum atomic E-state index is 13.7. The Hall–Kier alpha value is -1.88. The van der Waals surface area contributed by atoms with Crippen LogP contribution in [-0.4, -0.2) is 47.8 Å². The van der Waals surface area contributed by atoms with Gasteiger partial charge >= 0.3 is 5.97 Å². The van der Waals surface area contributed by atoms with Crippen LogP contribution in [0.25, 0.3) is 0 Å². The summed E-state index contributed by atoms with van der Waals surface area (Å²) in [6.45, 7) is -0.329. The molecule has 2 bridgehead atoms. The molecule has 4 fully saturated rings. The van der Waals surface area contributed by atoms with Crippen molar-refractivity contribution in [2.75, 3.05) is 13.7 Å². The summed E-state index contributed by atoms with van der Waals surface area (Å²) in [7, 11) is 2.14. The second-order valence-corrected chi connectivity index (χ2v) is 9.33. The molecule has 5 heteroatoms. The maximum absolute atomic E-state index is 13.7. The lowest BCUT2D eigenvalue weighted by Gasteiger charge is -2.53. The highest BCUT2D eigenvalue weighted by Gasteiger charge is 2.73. The molecule has 2 aromatic carbocycles. The lowest BCUT2D eigenvalue weighted by Crippen LogP contribution is -2.60. The van der Waals surface area contributed by atoms with Crippen LogP contribution in [0.3, 0.4) is 0 Å². The molecule has 0 radical (unpaired) electrons. The molecular formula is C24H26ClNO3. The van der Waals surface area contributed by atoms with Crippen LogP contribution in [0.1, 0.15) is 30.4 Å². The smallest absolute Gasteiger partial charge is 0.319 e. The number of carbonyl (C=O) groups is 1. The zero-order valence-corrected chi connectivity index (χ0v) is 17.3. The highest BCUT2D eigenvalue weighted by Crippen LogP contribution is 2.67. The molecule has 5 atom stereocenters. The van der Waals surface area contributed by atoms with Crippen molar-refractivity contribution < 1.29 is 14.6 Å². The van der Waals surface area contributed by atoms with Crippen LogP contribution in [0.5, 0.6) is 0 Å². The number of esters is 1. The van der Waals surface area contributed by atoms with Gasteiger partial charge in [-0.15, -0.1) is 0 Å². The van der Waals surface area contributed by atoms with Crippen molar-refractivity contribution in [3.8, 4) is 0 Å². The number of halogens is 1. The van der Waals surface area contributed by atoms with E-state index in [2.05, 4.69) is 11.9 Å². The second-order valence-electron chi connectivity index (χ2n) is 8.92. The van der Waals surface area contributed by atoms with Gasteiger partial charge in [-0.2, -0.15) is 0 Å². The van der Waals surface area contributed by atoms with Crippen LogP contribution >= 0.6 is 11.6 Å². The summed E-state index contributed by atoms with van der Waals surface area (Å²) in [5.41, 5.74) is 0.556. The molecule has 2 aliphatic heterocycles. The Morgan fingerprint density at radius 3 is 2.55 bits per heavy atom. The van der Waals surface area contributed by atoms with Gasteiger partial charge in [0.1, 0.15) is 11.5 Å². The molecule has 2 heterocycles. The number of rotatable bonds is 6. The van der Waals surface area contributed by atoms with Gasteiger partial charge in [-0.25, -0.2) is 0 Å². The third-order valence-corrected chi connectivity index (χ3v) is 8.11. The molecule has 0 aromatic heterocycles. The fourth-order valence-electron chi connectivity index (χ4n) is 5.90. The monoisotopic (exact) mass is 411 g/mol. The van der Waals surface area contributed by atoms with E-state index in [0.717, 1.165) is 24.0 Å². The number of nitrogens with zero attached hydrogens (tertiary/aromatic N) is 1. The van der Waals surface area contributed by atoms with Crippen molar-refractivity contribution in [3.05, 3.63) is 70.7 Å². The highest BCUT2D eigenvalue weighted by atomic mass is 35.5. The Kier molecular flexibility index (Phi) is 4.50. The lowest BCUT2D eigenvalue weighted by atomic mass is 9.54. The van der Waals surface area contributed by atoms with Crippen LogP contribution in [0.2, 0.25) is 5.02 Å². The van der Waals surface area contributed by atoms with Gasteiger partial charge < -0.3 is 9.84 Å². The summed E-state index contributed by atoms with van der Waals surface area (Å²) < 4.78 is 6.21. The van der Waals surface area contributed by atoms with Crippen LogP contribution in [-0.2, 0) is 21.4 Å². The van der Waals surface area contributed by atoms with E-state index >= 15 is 0 Å². The van der Waals surface area contributed by atoms with Gasteiger partial charge in [0.2, 0.25) is 0 Å². The van der Waals surface area contributed by atoms with E-state index in [9.17, 15) is 9.90 Å². The maximum Gasteiger partial charge on any atom is 0.319 e. The molecule has 152 valence electrons. The Labute approximate surface area is 176 Å². The molecule has 4 nitrogen and oxygen atoms in total. The fourth-order valence-corrected chi connectivity index (χ4v) is 6.10. The van der Waals surface area contributed by atoms with E-state index in [1.807, 2.05) is 54.6 Å². The van der Waals surface area contributed by atoms with Gasteiger partial charge in [-0.1, -0.05) is 60.1 Å². The third-order valence-electron chi connectivity index (χ3n) is 7.74. The summed E-state index contributed by atoms with van der Waals surface area (Å²) in [5, 5.41) is 11.1. The Bertz CT molecular complexity index is 935. The number of carbonyl (C=O) groups excluding carboxylic acids is 1. The first-order valence-corrected chi connectivity index (χ1v) is 10.7. The largest absolute Gasteiger partial charge is 0.459 e. The second kappa shape index (κ2) is 6.83. The van der Waals surface area contributed by atoms with Gasteiger partial charge in [0.15, 0.2) is 0 Å². The van der Waals surface area contributed by atoms with E-state index in [1.165, 1.54) is 6.42 Å². The summed E-state index contributed by atoms with van der Waals surface area (Å²) in [5.74, 6) is -0.346. The Morgan fingerprint density at radius 1 is 1.24 bits per heavy atom. The average Bonchev–Trinajstić information content (AvgIpc) is 2.99. The molecule has 2 aromatic rings. The molecule has 6 rings (SSSR count). The molecule has 5 unspecified atom stereocenters. The average molecular weight is 412 g/mol. The highest BCUT2D eigenvalue weighted by molar-refractivity contribution is 6.31. The predicted octanol–water partition coefficient (Wildman–Crippen LogP) is 3.59. The fraction of sp³-hybridized carbons (Fsp3) is 0.458. The first-order chi connectivity index (χ1) is 14.0. The zero-order valence-electron chi connectivity index (χ0n) is 16.6. The predicted molar refractivity (Wildman–Crippen MR) is 112 cm³/mol. The summed E-state index contributed by atoms with van der Waals surface area (Å²) in [6, 6.07) is 17.8. The summed E-state index contributed by atoms with van der Waals surface area (Å²) in [4.78, 5) is 16.1. The minimum Gasteiger partial charge on any atom is -0.459 e. The van der Waals surface area contributed by atoms with Crippen molar-refractivity contribution >= 4 is 17.6 Å².